The number of rotatable bonds is 5. The van der Waals surface area contributed by atoms with Crippen LogP contribution in [0.25, 0.3) is 0 Å². The molecule has 1 rings (SSSR count). The number of hydrogen-bond acceptors (Lipinski definition) is 2. The number of halogens is 2. The maximum Gasteiger partial charge on any atom is 0.234 e. The van der Waals surface area contributed by atoms with Crippen molar-refractivity contribution >= 4 is 29.1 Å². The Morgan fingerprint density at radius 3 is 2.75 bits per heavy atom. The molecule has 0 aliphatic carbocycles. The fourth-order valence-corrected chi connectivity index (χ4v) is 1.64. The van der Waals surface area contributed by atoms with Gasteiger partial charge in [-0.05, 0) is 24.2 Å². The lowest BCUT2D eigenvalue weighted by Gasteiger charge is -2.07. The van der Waals surface area contributed by atoms with Gasteiger partial charge in [0.25, 0.3) is 0 Å². The Morgan fingerprint density at radius 2 is 2.12 bits per heavy atom. The van der Waals surface area contributed by atoms with Crippen molar-refractivity contribution in [2.24, 2.45) is 0 Å². The number of carbonyl (C=O) groups is 1. The van der Waals surface area contributed by atoms with Crippen LogP contribution in [0.15, 0.2) is 18.2 Å². The van der Waals surface area contributed by atoms with Gasteiger partial charge in [0.15, 0.2) is 0 Å². The van der Waals surface area contributed by atoms with Crippen LogP contribution < -0.4 is 10.6 Å². The predicted molar refractivity (Wildman–Crippen MR) is 66.9 cm³/mol. The standard InChI is InChI=1S/C11H14Cl2N2O/c1-2-14-7-11(16)15-6-8-3-4-9(12)5-10(8)13/h3-5,14H,2,6-7H2,1H3,(H,15,16). The zero-order valence-electron chi connectivity index (χ0n) is 9.02. The van der Waals surface area contributed by atoms with Gasteiger partial charge in [0.2, 0.25) is 5.91 Å². The van der Waals surface area contributed by atoms with Gasteiger partial charge in [-0.3, -0.25) is 4.79 Å². The second kappa shape index (κ2) is 6.74. The van der Waals surface area contributed by atoms with Crippen LogP contribution in [0.1, 0.15) is 12.5 Å². The summed E-state index contributed by atoms with van der Waals surface area (Å²) in [6, 6.07) is 5.21. The molecule has 16 heavy (non-hydrogen) atoms. The topological polar surface area (TPSA) is 41.1 Å². The van der Waals surface area contributed by atoms with E-state index in [1.807, 2.05) is 6.92 Å². The SMILES string of the molecule is CCNCC(=O)NCc1ccc(Cl)cc1Cl. The first-order valence-corrected chi connectivity index (χ1v) is 5.80. The number of nitrogens with one attached hydrogen (secondary N) is 2. The monoisotopic (exact) mass is 260 g/mol. The fraction of sp³-hybridized carbons (Fsp3) is 0.364. The maximum atomic E-state index is 11.3. The molecule has 0 fully saturated rings. The van der Waals surface area contributed by atoms with E-state index in [0.717, 1.165) is 12.1 Å². The van der Waals surface area contributed by atoms with E-state index in [1.54, 1.807) is 18.2 Å². The summed E-state index contributed by atoms with van der Waals surface area (Å²) in [5.41, 5.74) is 0.857. The van der Waals surface area contributed by atoms with Gasteiger partial charge in [-0.2, -0.15) is 0 Å². The first-order chi connectivity index (χ1) is 7.63. The summed E-state index contributed by atoms with van der Waals surface area (Å²) in [6.07, 6.45) is 0. The van der Waals surface area contributed by atoms with Crippen molar-refractivity contribution < 1.29 is 4.79 Å². The van der Waals surface area contributed by atoms with E-state index in [4.69, 9.17) is 23.2 Å². The molecule has 0 bridgehead atoms. The highest BCUT2D eigenvalue weighted by atomic mass is 35.5. The first-order valence-electron chi connectivity index (χ1n) is 5.04. The molecule has 3 nitrogen and oxygen atoms in total. The Kier molecular flexibility index (Phi) is 5.60. The molecule has 0 spiro atoms. The molecule has 0 unspecified atom stereocenters. The van der Waals surface area contributed by atoms with Crippen molar-refractivity contribution in [3.05, 3.63) is 33.8 Å². The normalized spacial score (nSPS) is 10.2. The van der Waals surface area contributed by atoms with E-state index in [2.05, 4.69) is 10.6 Å². The van der Waals surface area contributed by atoms with E-state index >= 15 is 0 Å². The van der Waals surface area contributed by atoms with Gasteiger partial charge >= 0.3 is 0 Å². The summed E-state index contributed by atoms with van der Waals surface area (Å²) >= 11 is 11.7. The summed E-state index contributed by atoms with van der Waals surface area (Å²) in [5, 5.41) is 6.86. The molecule has 0 atom stereocenters. The number of hydrogen-bond donors (Lipinski definition) is 2. The van der Waals surface area contributed by atoms with Gasteiger partial charge in [-0.15, -0.1) is 0 Å². The molecule has 0 saturated heterocycles. The van der Waals surface area contributed by atoms with Crippen LogP contribution in [0, 0.1) is 0 Å². The van der Waals surface area contributed by atoms with Gasteiger partial charge in [0.05, 0.1) is 6.54 Å². The average Bonchev–Trinajstić information content (AvgIpc) is 2.25. The number of carbonyl (C=O) groups excluding carboxylic acids is 1. The second-order valence-corrected chi connectivity index (χ2v) is 4.14. The Morgan fingerprint density at radius 1 is 1.38 bits per heavy atom. The minimum atomic E-state index is -0.0483. The quantitative estimate of drug-likeness (QED) is 0.853. The van der Waals surface area contributed by atoms with Crippen LogP contribution in [0.5, 0.6) is 0 Å². The van der Waals surface area contributed by atoms with Crippen molar-refractivity contribution in [3.8, 4) is 0 Å². The third-order valence-corrected chi connectivity index (χ3v) is 2.61. The summed E-state index contributed by atoms with van der Waals surface area (Å²) in [5.74, 6) is -0.0483. The zero-order chi connectivity index (χ0) is 12.0. The fourth-order valence-electron chi connectivity index (χ4n) is 1.16. The van der Waals surface area contributed by atoms with E-state index in [1.165, 1.54) is 0 Å². The van der Waals surface area contributed by atoms with Gasteiger partial charge < -0.3 is 10.6 Å². The van der Waals surface area contributed by atoms with Crippen LogP contribution >= 0.6 is 23.2 Å². The lowest BCUT2D eigenvalue weighted by Crippen LogP contribution is -2.33. The molecular weight excluding hydrogens is 247 g/mol. The summed E-state index contributed by atoms with van der Waals surface area (Å²) < 4.78 is 0. The molecule has 0 aliphatic rings. The van der Waals surface area contributed by atoms with Crippen LogP contribution in [0.3, 0.4) is 0 Å². The lowest BCUT2D eigenvalue weighted by atomic mass is 10.2. The summed E-state index contributed by atoms with van der Waals surface area (Å²) in [6.45, 7) is 3.46. The zero-order valence-corrected chi connectivity index (χ0v) is 10.5. The van der Waals surface area contributed by atoms with Crippen molar-refractivity contribution in [3.63, 3.8) is 0 Å². The van der Waals surface area contributed by atoms with Crippen molar-refractivity contribution in [1.29, 1.82) is 0 Å². The first kappa shape index (κ1) is 13.3. The number of amides is 1. The molecule has 1 amide bonds. The smallest absolute Gasteiger partial charge is 0.234 e. The van der Waals surface area contributed by atoms with Crippen molar-refractivity contribution in [1.82, 2.24) is 10.6 Å². The highest BCUT2D eigenvalue weighted by Crippen LogP contribution is 2.20. The summed E-state index contributed by atoms with van der Waals surface area (Å²) in [4.78, 5) is 11.3. The van der Waals surface area contributed by atoms with Crippen LogP contribution in [0.2, 0.25) is 10.0 Å². The van der Waals surface area contributed by atoms with E-state index < -0.39 is 0 Å². The van der Waals surface area contributed by atoms with E-state index in [0.29, 0.717) is 23.1 Å². The minimum absolute atomic E-state index is 0.0483. The van der Waals surface area contributed by atoms with Crippen molar-refractivity contribution in [2.75, 3.05) is 13.1 Å². The Hall–Kier alpha value is -0.770. The molecule has 0 heterocycles. The number of benzene rings is 1. The van der Waals surface area contributed by atoms with E-state index in [-0.39, 0.29) is 5.91 Å². The summed E-state index contributed by atoms with van der Waals surface area (Å²) in [7, 11) is 0. The van der Waals surface area contributed by atoms with Crippen molar-refractivity contribution in [2.45, 2.75) is 13.5 Å². The molecule has 0 radical (unpaired) electrons. The van der Waals surface area contributed by atoms with Crippen LogP contribution in [0.4, 0.5) is 0 Å². The highest BCUT2D eigenvalue weighted by Gasteiger charge is 2.03. The Bertz CT molecular complexity index is 369. The molecule has 88 valence electrons. The molecule has 0 aromatic heterocycles. The largest absolute Gasteiger partial charge is 0.351 e. The highest BCUT2D eigenvalue weighted by molar-refractivity contribution is 6.35. The third kappa shape index (κ3) is 4.39. The third-order valence-electron chi connectivity index (χ3n) is 2.03. The van der Waals surface area contributed by atoms with Crippen LogP contribution in [-0.4, -0.2) is 19.0 Å². The van der Waals surface area contributed by atoms with Gasteiger partial charge in [0.1, 0.15) is 0 Å². The van der Waals surface area contributed by atoms with Gasteiger partial charge in [-0.25, -0.2) is 0 Å². The molecule has 1 aromatic rings. The number of likely N-dealkylation sites (N-methyl/N-ethyl adjacent to an activating group) is 1. The minimum Gasteiger partial charge on any atom is -0.351 e. The molecule has 1 aromatic carbocycles. The molecule has 0 saturated carbocycles. The second-order valence-electron chi connectivity index (χ2n) is 3.29. The molecule has 5 heteroatoms. The van der Waals surface area contributed by atoms with Gasteiger partial charge in [0, 0.05) is 16.6 Å². The lowest BCUT2D eigenvalue weighted by molar-refractivity contribution is -0.120. The van der Waals surface area contributed by atoms with Gasteiger partial charge in [-0.1, -0.05) is 36.2 Å². The molecule has 2 N–H and O–H groups in total. The average molecular weight is 261 g/mol. The Labute approximate surface area is 105 Å². The Balaban J connectivity index is 2.45. The van der Waals surface area contributed by atoms with Crippen LogP contribution in [-0.2, 0) is 11.3 Å². The maximum absolute atomic E-state index is 11.3. The molecular formula is C11H14Cl2N2O. The predicted octanol–water partition coefficient (Wildman–Crippen LogP) is 2.22. The van der Waals surface area contributed by atoms with E-state index in [9.17, 15) is 4.79 Å². The molecule has 0 aliphatic heterocycles.